The van der Waals surface area contributed by atoms with Gasteiger partial charge in [0.1, 0.15) is 11.8 Å². The van der Waals surface area contributed by atoms with Crippen LogP contribution in [0.3, 0.4) is 0 Å². The summed E-state index contributed by atoms with van der Waals surface area (Å²) in [5.74, 6) is 0.622. The molecule has 29 heavy (non-hydrogen) atoms. The Bertz CT molecular complexity index is 1180. The van der Waals surface area contributed by atoms with Gasteiger partial charge in [0.05, 0.1) is 0 Å². The van der Waals surface area contributed by atoms with Gasteiger partial charge in [-0.25, -0.2) is 0 Å². The molecule has 1 unspecified atom stereocenters. The summed E-state index contributed by atoms with van der Waals surface area (Å²) < 4.78 is 6.47. The number of hydrogen-bond acceptors (Lipinski definition) is 3. The topological polar surface area (TPSA) is 35.0 Å². The zero-order valence-electron chi connectivity index (χ0n) is 16.9. The van der Waals surface area contributed by atoms with Crippen LogP contribution < -0.4 is 4.74 Å². The van der Waals surface area contributed by atoms with Crippen molar-refractivity contribution in [2.24, 2.45) is 0 Å². The molecule has 3 heteroatoms. The molecule has 0 bridgehead atoms. The van der Waals surface area contributed by atoms with Crippen molar-refractivity contribution in [1.29, 1.82) is 0 Å². The number of fused-ring (bicyclic) bond motifs is 2. The van der Waals surface area contributed by atoms with E-state index >= 15 is 0 Å². The maximum atomic E-state index is 6.47. The lowest BCUT2D eigenvalue weighted by Crippen LogP contribution is -2.16. The van der Waals surface area contributed by atoms with Crippen LogP contribution in [0, 0.1) is 13.8 Å². The minimum absolute atomic E-state index is 0.0312. The summed E-state index contributed by atoms with van der Waals surface area (Å²) in [6, 6.07) is 23.2. The van der Waals surface area contributed by atoms with Gasteiger partial charge >= 0.3 is 0 Å². The van der Waals surface area contributed by atoms with Crippen LogP contribution in [-0.2, 0) is 6.42 Å². The number of ether oxygens (including phenoxy) is 1. The van der Waals surface area contributed by atoms with Crippen molar-refractivity contribution in [1.82, 2.24) is 10.2 Å². The fraction of sp³-hybridized carbons (Fsp3) is 0.231. The highest BCUT2D eigenvalue weighted by Gasteiger charge is 2.23. The van der Waals surface area contributed by atoms with Gasteiger partial charge in [-0.1, -0.05) is 60.7 Å². The zero-order chi connectivity index (χ0) is 19.8. The van der Waals surface area contributed by atoms with Gasteiger partial charge in [0.25, 0.3) is 0 Å². The summed E-state index contributed by atoms with van der Waals surface area (Å²) in [6.07, 6.45) is 3.29. The Morgan fingerprint density at radius 2 is 1.52 bits per heavy atom. The van der Waals surface area contributed by atoms with E-state index in [4.69, 9.17) is 4.74 Å². The third kappa shape index (κ3) is 3.17. The van der Waals surface area contributed by atoms with Crippen LogP contribution in [0.5, 0.6) is 5.88 Å². The quantitative estimate of drug-likeness (QED) is 0.414. The molecule has 0 radical (unpaired) electrons. The van der Waals surface area contributed by atoms with Crippen molar-refractivity contribution in [3.8, 4) is 17.1 Å². The van der Waals surface area contributed by atoms with E-state index in [9.17, 15) is 0 Å². The molecular formula is C26H24N2O. The summed E-state index contributed by atoms with van der Waals surface area (Å²) in [4.78, 5) is 0. The molecule has 1 aromatic heterocycles. The summed E-state index contributed by atoms with van der Waals surface area (Å²) >= 11 is 0. The van der Waals surface area contributed by atoms with E-state index < -0.39 is 0 Å². The number of aryl methyl sites for hydroxylation is 3. The van der Waals surface area contributed by atoms with Crippen LogP contribution in [0.25, 0.3) is 22.0 Å². The van der Waals surface area contributed by atoms with E-state index in [-0.39, 0.29) is 6.10 Å². The lowest BCUT2D eigenvalue weighted by Gasteiger charge is -2.26. The van der Waals surface area contributed by atoms with Gasteiger partial charge in [-0.05, 0) is 61.4 Å². The molecule has 144 valence electrons. The highest BCUT2D eigenvalue weighted by Crippen LogP contribution is 2.38. The molecule has 1 atom stereocenters. The first kappa shape index (κ1) is 17.9. The highest BCUT2D eigenvalue weighted by molar-refractivity contribution is 5.98. The number of benzene rings is 3. The monoisotopic (exact) mass is 380 g/mol. The molecule has 5 rings (SSSR count). The minimum atomic E-state index is 0.0312. The minimum Gasteiger partial charge on any atom is -0.468 e. The number of hydrogen-bond donors (Lipinski definition) is 0. The van der Waals surface area contributed by atoms with Gasteiger partial charge in [0.15, 0.2) is 0 Å². The molecule has 0 spiro atoms. The van der Waals surface area contributed by atoms with E-state index in [0.29, 0.717) is 5.88 Å². The second kappa shape index (κ2) is 7.32. The fourth-order valence-electron chi connectivity index (χ4n) is 4.51. The third-order valence-electron chi connectivity index (χ3n) is 5.94. The largest absolute Gasteiger partial charge is 0.468 e. The Balaban J connectivity index is 1.61. The lowest BCUT2D eigenvalue weighted by atomic mass is 9.89. The van der Waals surface area contributed by atoms with Gasteiger partial charge in [0, 0.05) is 16.3 Å². The average Bonchev–Trinajstić information content (AvgIpc) is 2.75. The average molecular weight is 380 g/mol. The van der Waals surface area contributed by atoms with Crippen LogP contribution in [-0.4, -0.2) is 10.2 Å². The second-order valence-corrected chi connectivity index (χ2v) is 7.86. The fourth-order valence-corrected chi connectivity index (χ4v) is 4.51. The summed E-state index contributed by atoms with van der Waals surface area (Å²) in [5.41, 5.74) is 7.16. The van der Waals surface area contributed by atoms with Gasteiger partial charge in [-0.15, -0.1) is 10.2 Å². The molecule has 3 nitrogen and oxygen atoms in total. The maximum Gasteiger partial charge on any atom is 0.242 e. The van der Waals surface area contributed by atoms with Crippen LogP contribution in [0.2, 0.25) is 0 Å². The first-order valence-electron chi connectivity index (χ1n) is 10.3. The molecule has 1 heterocycles. The molecule has 1 aliphatic carbocycles. The van der Waals surface area contributed by atoms with Gasteiger partial charge < -0.3 is 4.74 Å². The summed E-state index contributed by atoms with van der Waals surface area (Å²) in [7, 11) is 0. The zero-order valence-corrected chi connectivity index (χ0v) is 16.9. The Hall–Kier alpha value is -3.20. The molecule has 0 fully saturated rings. The van der Waals surface area contributed by atoms with Crippen molar-refractivity contribution in [3.63, 3.8) is 0 Å². The van der Waals surface area contributed by atoms with Crippen molar-refractivity contribution in [3.05, 3.63) is 89.0 Å². The van der Waals surface area contributed by atoms with Gasteiger partial charge in [-0.2, -0.15) is 0 Å². The summed E-state index contributed by atoms with van der Waals surface area (Å²) in [5, 5.41) is 11.3. The SMILES string of the molecule is Cc1cccc(C)c1-c1nnc(OC2CCCc3ccccc32)c2ccccc12. The summed E-state index contributed by atoms with van der Waals surface area (Å²) in [6.45, 7) is 4.25. The molecule has 0 saturated heterocycles. The first-order chi connectivity index (χ1) is 14.2. The van der Waals surface area contributed by atoms with Gasteiger partial charge in [0.2, 0.25) is 5.88 Å². The van der Waals surface area contributed by atoms with Crippen molar-refractivity contribution in [2.75, 3.05) is 0 Å². The predicted octanol–water partition coefficient (Wildman–Crippen LogP) is 6.37. The molecule has 0 N–H and O–H groups in total. The van der Waals surface area contributed by atoms with E-state index in [1.165, 1.54) is 22.3 Å². The van der Waals surface area contributed by atoms with E-state index in [1.807, 2.05) is 6.07 Å². The van der Waals surface area contributed by atoms with Crippen LogP contribution in [0.4, 0.5) is 0 Å². The number of rotatable bonds is 3. The third-order valence-corrected chi connectivity index (χ3v) is 5.94. The first-order valence-corrected chi connectivity index (χ1v) is 10.3. The molecule has 0 aliphatic heterocycles. The van der Waals surface area contributed by atoms with Crippen molar-refractivity contribution in [2.45, 2.75) is 39.2 Å². The van der Waals surface area contributed by atoms with E-state index in [0.717, 1.165) is 41.3 Å². The molecular weight excluding hydrogens is 356 g/mol. The van der Waals surface area contributed by atoms with Crippen LogP contribution in [0.1, 0.15) is 41.2 Å². The Morgan fingerprint density at radius 1 is 0.793 bits per heavy atom. The molecule has 1 aliphatic rings. The van der Waals surface area contributed by atoms with Crippen molar-refractivity contribution >= 4 is 10.8 Å². The lowest BCUT2D eigenvalue weighted by molar-refractivity contribution is 0.176. The maximum absolute atomic E-state index is 6.47. The number of aromatic nitrogens is 2. The normalized spacial score (nSPS) is 15.9. The molecule has 0 saturated carbocycles. The van der Waals surface area contributed by atoms with E-state index in [1.54, 1.807) is 0 Å². The Kier molecular flexibility index (Phi) is 4.51. The Labute approximate surface area is 171 Å². The Morgan fingerprint density at radius 3 is 2.34 bits per heavy atom. The standard InChI is InChI=1S/C26H24N2O/c1-17-9-7-10-18(2)24(17)25-21-14-5-6-15-22(21)26(28-27-25)29-23-16-8-12-19-11-3-4-13-20(19)23/h3-7,9-11,13-15,23H,8,12,16H2,1-2H3. The predicted molar refractivity (Wildman–Crippen MR) is 117 cm³/mol. The molecule has 4 aromatic rings. The number of nitrogens with zero attached hydrogens (tertiary/aromatic N) is 2. The van der Waals surface area contributed by atoms with Crippen LogP contribution in [0.15, 0.2) is 66.7 Å². The van der Waals surface area contributed by atoms with Crippen molar-refractivity contribution < 1.29 is 4.74 Å². The highest BCUT2D eigenvalue weighted by atomic mass is 16.5. The van der Waals surface area contributed by atoms with E-state index in [2.05, 4.69) is 84.7 Å². The molecule has 3 aromatic carbocycles. The second-order valence-electron chi connectivity index (χ2n) is 7.86. The van der Waals surface area contributed by atoms with Crippen LogP contribution >= 0.6 is 0 Å². The van der Waals surface area contributed by atoms with Gasteiger partial charge in [-0.3, -0.25) is 0 Å². The smallest absolute Gasteiger partial charge is 0.242 e. The molecule has 0 amide bonds.